The van der Waals surface area contributed by atoms with Crippen molar-refractivity contribution in [2.45, 2.75) is 44.4 Å². The van der Waals surface area contributed by atoms with Gasteiger partial charge in [0.2, 0.25) is 0 Å². The lowest BCUT2D eigenvalue weighted by molar-refractivity contribution is -0.192. The number of ether oxygens (including phenoxy) is 1. The Balaban J connectivity index is 1.87. The third-order valence-electron chi connectivity index (χ3n) is 3.56. The van der Waals surface area contributed by atoms with E-state index in [1.165, 1.54) is 12.8 Å². The molecule has 4 atom stereocenters. The Morgan fingerprint density at radius 3 is 3.14 bits per heavy atom. The molecule has 0 bridgehead atoms. The molecule has 0 amide bonds. The van der Waals surface area contributed by atoms with Crippen molar-refractivity contribution in [1.29, 1.82) is 0 Å². The molecule has 0 aromatic rings. The van der Waals surface area contributed by atoms with Gasteiger partial charge in [0.05, 0.1) is 6.04 Å². The van der Waals surface area contributed by atoms with Crippen LogP contribution in [-0.2, 0) is 14.4 Å². The number of esters is 1. The highest BCUT2D eigenvalue weighted by Crippen LogP contribution is 2.40. The Labute approximate surface area is 83.1 Å². The zero-order valence-corrected chi connectivity index (χ0v) is 8.31. The van der Waals surface area contributed by atoms with Crippen molar-refractivity contribution < 1.29 is 14.4 Å². The molecular formula is C10H15NO3. The van der Waals surface area contributed by atoms with Crippen LogP contribution >= 0.6 is 0 Å². The summed E-state index contributed by atoms with van der Waals surface area (Å²) in [5, 5.41) is 2.01. The molecular weight excluding hydrogens is 182 g/mol. The molecule has 0 aliphatic carbocycles. The summed E-state index contributed by atoms with van der Waals surface area (Å²) in [6.07, 6.45) is 3.36. The first-order valence-corrected chi connectivity index (χ1v) is 5.41. The third kappa shape index (κ3) is 1.04. The molecule has 0 unspecified atom stereocenters. The van der Waals surface area contributed by atoms with E-state index in [4.69, 9.17) is 9.57 Å². The lowest BCUT2D eigenvalue weighted by Crippen LogP contribution is -2.38. The second-order valence-corrected chi connectivity index (χ2v) is 4.44. The summed E-state index contributed by atoms with van der Waals surface area (Å²) in [5.41, 5.74) is 0. The Hall–Kier alpha value is -0.610. The number of carbonyl (C=O) groups is 1. The molecule has 14 heavy (non-hydrogen) atoms. The second-order valence-electron chi connectivity index (χ2n) is 4.44. The van der Waals surface area contributed by atoms with Crippen LogP contribution in [0.3, 0.4) is 0 Å². The number of hydrogen-bond acceptors (Lipinski definition) is 4. The van der Waals surface area contributed by atoms with E-state index in [1.807, 2.05) is 12.0 Å². The van der Waals surface area contributed by atoms with Crippen molar-refractivity contribution >= 4 is 5.97 Å². The topological polar surface area (TPSA) is 38.8 Å². The summed E-state index contributed by atoms with van der Waals surface area (Å²) in [7, 11) is 0. The van der Waals surface area contributed by atoms with Gasteiger partial charge in [0, 0.05) is 6.54 Å². The minimum absolute atomic E-state index is 0.0226. The number of fused-ring (bicyclic) bond motifs is 3. The lowest BCUT2D eigenvalue weighted by atomic mass is 9.89. The summed E-state index contributed by atoms with van der Waals surface area (Å²) in [6.45, 7) is 2.89. The summed E-state index contributed by atoms with van der Waals surface area (Å²) in [6, 6.07) is 0.284. The number of carbonyl (C=O) groups excluding carboxylic acids is 1. The van der Waals surface area contributed by atoms with Crippen LogP contribution in [0.15, 0.2) is 0 Å². The maximum Gasteiger partial charge on any atom is 0.313 e. The maximum atomic E-state index is 11.6. The van der Waals surface area contributed by atoms with Crippen molar-refractivity contribution in [1.82, 2.24) is 5.06 Å². The Morgan fingerprint density at radius 1 is 1.43 bits per heavy atom. The van der Waals surface area contributed by atoms with Gasteiger partial charge in [-0.25, -0.2) is 0 Å². The molecule has 3 aliphatic rings. The fraction of sp³-hybridized carbons (Fsp3) is 0.900. The molecule has 3 heterocycles. The van der Waals surface area contributed by atoms with Crippen molar-refractivity contribution in [2.75, 3.05) is 6.54 Å². The molecule has 3 rings (SSSR count). The first-order valence-electron chi connectivity index (χ1n) is 5.41. The van der Waals surface area contributed by atoms with Crippen LogP contribution in [-0.4, -0.2) is 35.8 Å². The minimum atomic E-state index is -0.0712. The van der Waals surface area contributed by atoms with Crippen molar-refractivity contribution in [3.63, 3.8) is 0 Å². The molecule has 0 spiro atoms. The van der Waals surface area contributed by atoms with Gasteiger partial charge < -0.3 is 4.74 Å². The number of hydrogen-bond donors (Lipinski definition) is 0. The first kappa shape index (κ1) is 8.68. The highest BCUT2D eigenvalue weighted by atomic mass is 16.7. The van der Waals surface area contributed by atoms with E-state index in [1.54, 1.807) is 0 Å². The molecule has 3 fully saturated rings. The Kier molecular flexibility index (Phi) is 1.82. The third-order valence-corrected chi connectivity index (χ3v) is 3.56. The molecule has 4 nitrogen and oxygen atoms in total. The summed E-state index contributed by atoms with van der Waals surface area (Å²) >= 11 is 0. The van der Waals surface area contributed by atoms with Gasteiger partial charge in [0.15, 0.2) is 0 Å². The fourth-order valence-electron chi connectivity index (χ4n) is 2.86. The summed E-state index contributed by atoms with van der Waals surface area (Å²) < 4.78 is 5.19. The Bertz CT molecular complexity index is 268. The van der Waals surface area contributed by atoms with Gasteiger partial charge in [0.25, 0.3) is 0 Å². The molecule has 0 aromatic heterocycles. The van der Waals surface area contributed by atoms with Crippen molar-refractivity contribution in [3.05, 3.63) is 0 Å². The standard InChI is InChI=1S/C10H15NO3/c1-6-9-8(10(12)13-6)7-4-2-3-5-11(7)14-9/h6-9H,2-5H2,1H3/t6-,7+,8+,9+/m0/s1. The maximum absolute atomic E-state index is 11.6. The number of cyclic esters (lactones) is 1. The van der Waals surface area contributed by atoms with Crippen molar-refractivity contribution in [3.8, 4) is 0 Å². The largest absolute Gasteiger partial charge is 0.459 e. The average molecular weight is 197 g/mol. The van der Waals surface area contributed by atoms with Crippen LogP contribution in [0.25, 0.3) is 0 Å². The number of piperidine rings is 1. The molecule has 0 N–H and O–H groups in total. The predicted molar refractivity (Wildman–Crippen MR) is 48.3 cm³/mol. The van der Waals surface area contributed by atoms with Gasteiger partial charge in [-0.3, -0.25) is 9.63 Å². The van der Waals surface area contributed by atoms with Crippen molar-refractivity contribution in [2.24, 2.45) is 5.92 Å². The lowest BCUT2D eigenvalue weighted by Gasteiger charge is -2.29. The van der Waals surface area contributed by atoms with E-state index in [9.17, 15) is 4.79 Å². The quantitative estimate of drug-likeness (QED) is 0.536. The zero-order chi connectivity index (χ0) is 9.71. The van der Waals surface area contributed by atoms with Gasteiger partial charge in [-0.1, -0.05) is 6.42 Å². The van der Waals surface area contributed by atoms with Gasteiger partial charge in [-0.2, -0.15) is 5.06 Å². The summed E-state index contributed by atoms with van der Waals surface area (Å²) in [5.74, 6) is -0.0813. The predicted octanol–water partition coefficient (Wildman–Crippen LogP) is 0.716. The number of hydroxylamine groups is 2. The number of rotatable bonds is 0. The van der Waals surface area contributed by atoms with E-state index in [2.05, 4.69) is 0 Å². The van der Waals surface area contributed by atoms with E-state index in [0.717, 1.165) is 13.0 Å². The molecule has 0 radical (unpaired) electrons. The molecule has 4 heteroatoms. The van der Waals surface area contributed by atoms with Gasteiger partial charge in [0.1, 0.15) is 18.1 Å². The summed E-state index contributed by atoms with van der Waals surface area (Å²) in [4.78, 5) is 17.4. The van der Waals surface area contributed by atoms with Crippen LogP contribution in [0.5, 0.6) is 0 Å². The fourth-order valence-corrected chi connectivity index (χ4v) is 2.86. The van der Waals surface area contributed by atoms with E-state index in [-0.39, 0.29) is 30.1 Å². The average Bonchev–Trinajstić information content (AvgIpc) is 2.66. The van der Waals surface area contributed by atoms with Crippen LogP contribution < -0.4 is 0 Å². The highest BCUT2D eigenvalue weighted by Gasteiger charge is 2.56. The van der Waals surface area contributed by atoms with Crippen LogP contribution in [0.4, 0.5) is 0 Å². The van der Waals surface area contributed by atoms with Gasteiger partial charge in [-0.05, 0) is 19.8 Å². The minimum Gasteiger partial charge on any atom is -0.459 e. The molecule has 0 aromatic carbocycles. The zero-order valence-electron chi connectivity index (χ0n) is 8.31. The normalized spacial score (nSPS) is 47.4. The van der Waals surface area contributed by atoms with Crippen LogP contribution in [0, 0.1) is 5.92 Å². The molecule has 0 saturated carbocycles. The smallest absolute Gasteiger partial charge is 0.313 e. The monoisotopic (exact) mass is 197 g/mol. The van der Waals surface area contributed by atoms with Crippen LogP contribution in [0.2, 0.25) is 0 Å². The SMILES string of the molecule is C[C@@H]1OC(=O)[C@H]2[C@@H]1ON1CCCC[C@H]21. The molecule has 3 aliphatic heterocycles. The highest BCUT2D eigenvalue weighted by molar-refractivity contribution is 5.77. The second kappa shape index (κ2) is 2.94. The van der Waals surface area contributed by atoms with Gasteiger partial charge in [-0.15, -0.1) is 0 Å². The first-order chi connectivity index (χ1) is 6.77. The number of nitrogens with zero attached hydrogens (tertiary/aromatic N) is 1. The van der Waals surface area contributed by atoms with Crippen LogP contribution in [0.1, 0.15) is 26.2 Å². The van der Waals surface area contributed by atoms with Gasteiger partial charge >= 0.3 is 5.97 Å². The van der Waals surface area contributed by atoms with E-state index < -0.39 is 0 Å². The Morgan fingerprint density at radius 2 is 2.29 bits per heavy atom. The molecule has 3 saturated heterocycles. The van der Waals surface area contributed by atoms with E-state index in [0.29, 0.717) is 0 Å². The molecule has 78 valence electrons. The van der Waals surface area contributed by atoms with E-state index >= 15 is 0 Å².